The van der Waals surface area contributed by atoms with Crippen molar-refractivity contribution in [1.82, 2.24) is 4.31 Å². The number of sulfonamides is 1. The molecule has 0 amide bonds. The fourth-order valence-corrected chi connectivity index (χ4v) is 4.35. The predicted molar refractivity (Wildman–Crippen MR) is 103 cm³/mol. The maximum Gasteiger partial charge on any atom is 0.295 e. The predicted octanol–water partition coefficient (Wildman–Crippen LogP) is 2.70. The van der Waals surface area contributed by atoms with E-state index in [-0.39, 0.29) is 16.3 Å². The highest BCUT2D eigenvalue weighted by Crippen LogP contribution is 2.30. The standard InChI is InChI=1S/C18H17N5O4S/c19-12-14-3-5-15(6-4-14)13-20-21-17-8-7-16(11-18(17)23(24)25)28(26,27)22-9-1-2-10-22/h3-8,11,13,21H,1-2,9-10H2/b20-13-. The van der Waals surface area contributed by atoms with Gasteiger partial charge in [0.1, 0.15) is 5.69 Å². The third-order valence-corrected chi connectivity index (χ3v) is 6.20. The molecule has 144 valence electrons. The SMILES string of the molecule is N#Cc1ccc(/C=N\Nc2ccc(S(=O)(=O)N3CCCC3)cc2[N+](=O)[O-])cc1. The van der Waals surface area contributed by atoms with Crippen LogP contribution in [-0.2, 0) is 10.0 Å². The molecule has 0 spiro atoms. The van der Waals surface area contributed by atoms with Gasteiger partial charge >= 0.3 is 0 Å². The van der Waals surface area contributed by atoms with Crippen LogP contribution in [-0.4, -0.2) is 37.0 Å². The number of nitro benzene ring substituents is 1. The van der Waals surface area contributed by atoms with Crippen LogP contribution in [0.4, 0.5) is 11.4 Å². The van der Waals surface area contributed by atoms with Gasteiger partial charge < -0.3 is 0 Å². The Morgan fingerprint density at radius 2 is 1.86 bits per heavy atom. The number of rotatable bonds is 6. The number of nitriles is 1. The zero-order valence-electron chi connectivity index (χ0n) is 14.8. The summed E-state index contributed by atoms with van der Waals surface area (Å²) in [7, 11) is -3.75. The third kappa shape index (κ3) is 4.16. The zero-order chi connectivity index (χ0) is 20.1. The lowest BCUT2D eigenvalue weighted by atomic mass is 10.2. The maximum absolute atomic E-state index is 12.6. The lowest BCUT2D eigenvalue weighted by molar-refractivity contribution is -0.384. The summed E-state index contributed by atoms with van der Waals surface area (Å²) in [4.78, 5) is 10.6. The Morgan fingerprint density at radius 1 is 1.18 bits per heavy atom. The molecule has 1 fully saturated rings. The summed E-state index contributed by atoms with van der Waals surface area (Å²) < 4.78 is 26.5. The monoisotopic (exact) mass is 399 g/mol. The van der Waals surface area contributed by atoms with E-state index in [2.05, 4.69) is 10.5 Å². The molecule has 3 rings (SSSR count). The lowest BCUT2D eigenvalue weighted by Crippen LogP contribution is -2.27. The fraction of sp³-hybridized carbons (Fsp3) is 0.222. The Kier molecular flexibility index (Phi) is 5.67. The molecule has 0 saturated carbocycles. The highest BCUT2D eigenvalue weighted by atomic mass is 32.2. The van der Waals surface area contributed by atoms with E-state index in [1.165, 1.54) is 22.7 Å². The van der Waals surface area contributed by atoms with Crippen LogP contribution in [0.25, 0.3) is 0 Å². The van der Waals surface area contributed by atoms with Crippen LogP contribution in [0, 0.1) is 21.4 Å². The molecule has 1 saturated heterocycles. The first kappa shape index (κ1) is 19.5. The van der Waals surface area contributed by atoms with E-state index in [0.717, 1.165) is 18.9 Å². The average molecular weight is 399 g/mol. The van der Waals surface area contributed by atoms with Crippen molar-refractivity contribution in [3.8, 4) is 6.07 Å². The summed E-state index contributed by atoms with van der Waals surface area (Å²) >= 11 is 0. The Morgan fingerprint density at radius 3 is 2.46 bits per heavy atom. The van der Waals surface area contributed by atoms with E-state index in [9.17, 15) is 18.5 Å². The van der Waals surface area contributed by atoms with Crippen molar-refractivity contribution in [2.45, 2.75) is 17.7 Å². The molecule has 9 nitrogen and oxygen atoms in total. The number of nitro groups is 1. The Labute approximate surface area is 162 Å². The third-order valence-electron chi connectivity index (χ3n) is 4.31. The smallest absolute Gasteiger partial charge is 0.272 e. The molecule has 0 unspecified atom stereocenters. The normalized spacial score (nSPS) is 14.8. The molecule has 0 aromatic heterocycles. The molecule has 0 radical (unpaired) electrons. The molecule has 1 aliphatic rings. The molecule has 1 N–H and O–H groups in total. The van der Waals surface area contributed by atoms with E-state index in [1.807, 2.05) is 6.07 Å². The number of anilines is 1. The van der Waals surface area contributed by atoms with Gasteiger partial charge in [0.25, 0.3) is 5.69 Å². The van der Waals surface area contributed by atoms with Crippen LogP contribution >= 0.6 is 0 Å². The number of hydrazone groups is 1. The summed E-state index contributed by atoms with van der Waals surface area (Å²) in [6.45, 7) is 0.843. The van der Waals surface area contributed by atoms with Gasteiger partial charge in [-0.2, -0.15) is 14.7 Å². The first-order chi connectivity index (χ1) is 13.4. The quantitative estimate of drug-likeness (QED) is 0.452. The van der Waals surface area contributed by atoms with E-state index < -0.39 is 14.9 Å². The van der Waals surface area contributed by atoms with Gasteiger partial charge in [-0.05, 0) is 42.7 Å². The van der Waals surface area contributed by atoms with Crippen molar-refractivity contribution in [3.63, 3.8) is 0 Å². The van der Waals surface area contributed by atoms with Crippen LogP contribution in [0.15, 0.2) is 52.5 Å². The topological polar surface area (TPSA) is 129 Å². The lowest BCUT2D eigenvalue weighted by Gasteiger charge is -2.15. The molecular weight excluding hydrogens is 382 g/mol. The highest BCUT2D eigenvalue weighted by molar-refractivity contribution is 7.89. The molecule has 10 heteroatoms. The van der Waals surface area contributed by atoms with Crippen LogP contribution in [0.2, 0.25) is 0 Å². The molecule has 0 aliphatic carbocycles. The van der Waals surface area contributed by atoms with Crippen LogP contribution < -0.4 is 5.43 Å². The maximum atomic E-state index is 12.6. The first-order valence-corrected chi connectivity index (χ1v) is 9.93. The summed E-state index contributed by atoms with van der Waals surface area (Å²) in [5.74, 6) is 0. The van der Waals surface area contributed by atoms with Gasteiger partial charge in [-0.1, -0.05) is 12.1 Å². The van der Waals surface area contributed by atoms with E-state index in [1.54, 1.807) is 24.3 Å². The van der Waals surface area contributed by atoms with Crippen LogP contribution in [0.1, 0.15) is 24.0 Å². The molecule has 2 aromatic rings. The summed E-state index contributed by atoms with van der Waals surface area (Å²) in [6.07, 6.45) is 3.01. The molecular formula is C18H17N5O4S. The summed E-state index contributed by atoms with van der Waals surface area (Å²) in [5, 5.41) is 24.1. The second-order valence-corrected chi connectivity index (χ2v) is 8.09. The summed E-state index contributed by atoms with van der Waals surface area (Å²) in [6, 6.07) is 12.3. The van der Waals surface area contributed by atoms with Gasteiger partial charge in [-0.15, -0.1) is 0 Å². The van der Waals surface area contributed by atoms with Crippen molar-refractivity contribution in [1.29, 1.82) is 5.26 Å². The number of hydrogen-bond acceptors (Lipinski definition) is 7. The van der Waals surface area contributed by atoms with Gasteiger partial charge in [0.2, 0.25) is 10.0 Å². The minimum absolute atomic E-state index is 0.0790. The molecule has 28 heavy (non-hydrogen) atoms. The van der Waals surface area contributed by atoms with Crippen LogP contribution in [0.5, 0.6) is 0 Å². The fourth-order valence-electron chi connectivity index (χ4n) is 2.82. The van der Waals surface area contributed by atoms with Crippen molar-refractivity contribution in [2.75, 3.05) is 18.5 Å². The van der Waals surface area contributed by atoms with E-state index in [4.69, 9.17) is 5.26 Å². The molecule has 2 aromatic carbocycles. The Bertz CT molecular complexity index is 1050. The molecule has 0 bridgehead atoms. The number of hydrogen-bond donors (Lipinski definition) is 1. The van der Waals surface area contributed by atoms with Crippen molar-refractivity contribution in [3.05, 3.63) is 63.7 Å². The molecule has 1 aliphatic heterocycles. The van der Waals surface area contributed by atoms with Gasteiger partial charge in [0, 0.05) is 19.2 Å². The Balaban J connectivity index is 1.82. The van der Waals surface area contributed by atoms with Crippen molar-refractivity contribution < 1.29 is 13.3 Å². The van der Waals surface area contributed by atoms with Crippen LogP contribution in [0.3, 0.4) is 0 Å². The molecule has 1 heterocycles. The number of nitrogens with one attached hydrogen (secondary N) is 1. The second kappa shape index (κ2) is 8.16. The first-order valence-electron chi connectivity index (χ1n) is 8.49. The summed E-state index contributed by atoms with van der Waals surface area (Å²) in [5.41, 5.74) is 3.48. The van der Waals surface area contributed by atoms with Gasteiger partial charge in [-0.25, -0.2) is 8.42 Å². The highest BCUT2D eigenvalue weighted by Gasteiger charge is 2.29. The molecule has 0 atom stereocenters. The average Bonchev–Trinajstić information content (AvgIpc) is 3.24. The minimum Gasteiger partial charge on any atom is -0.272 e. The number of benzene rings is 2. The van der Waals surface area contributed by atoms with E-state index in [0.29, 0.717) is 24.2 Å². The number of nitrogens with zero attached hydrogens (tertiary/aromatic N) is 4. The van der Waals surface area contributed by atoms with Crippen molar-refractivity contribution >= 4 is 27.6 Å². The van der Waals surface area contributed by atoms with Gasteiger partial charge in [0.05, 0.1) is 27.7 Å². The Hall–Kier alpha value is -3.29. The van der Waals surface area contributed by atoms with Crippen molar-refractivity contribution in [2.24, 2.45) is 5.10 Å². The minimum atomic E-state index is -3.75. The largest absolute Gasteiger partial charge is 0.295 e. The van der Waals surface area contributed by atoms with E-state index >= 15 is 0 Å². The zero-order valence-corrected chi connectivity index (χ0v) is 15.6. The second-order valence-electron chi connectivity index (χ2n) is 6.15. The van der Waals surface area contributed by atoms with Gasteiger partial charge in [0.15, 0.2) is 0 Å². The van der Waals surface area contributed by atoms with Gasteiger partial charge in [-0.3, -0.25) is 15.5 Å².